The van der Waals surface area contributed by atoms with E-state index in [0.29, 0.717) is 18.7 Å². The summed E-state index contributed by atoms with van der Waals surface area (Å²) >= 11 is 0. The Kier molecular flexibility index (Phi) is 8.32. The molecule has 11 nitrogen and oxygen atoms in total. The fourth-order valence-electron chi connectivity index (χ4n) is 5.23. The minimum atomic E-state index is -0.788. The van der Waals surface area contributed by atoms with E-state index in [0.717, 1.165) is 55.5 Å². The minimum absolute atomic E-state index is 0.0242. The van der Waals surface area contributed by atoms with Gasteiger partial charge < -0.3 is 25.3 Å². The molecule has 0 aliphatic carbocycles. The van der Waals surface area contributed by atoms with Crippen LogP contribution in [0.4, 0.5) is 5.69 Å². The Morgan fingerprint density at radius 2 is 1.76 bits per heavy atom. The van der Waals surface area contributed by atoms with Gasteiger partial charge >= 0.3 is 0 Å². The zero-order chi connectivity index (χ0) is 28.9. The number of hydrogen-bond acceptors (Lipinski definition) is 6. The first-order chi connectivity index (χ1) is 19.8. The summed E-state index contributed by atoms with van der Waals surface area (Å²) in [6.07, 6.45) is 3.94. The van der Waals surface area contributed by atoms with E-state index < -0.39 is 17.9 Å². The van der Waals surface area contributed by atoms with Crippen LogP contribution in [0.15, 0.2) is 57.9 Å². The van der Waals surface area contributed by atoms with Crippen LogP contribution in [0.3, 0.4) is 0 Å². The number of primary amides is 1. The summed E-state index contributed by atoms with van der Waals surface area (Å²) in [6.45, 7) is 3.81. The van der Waals surface area contributed by atoms with Crippen molar-refractivity contribution < 1.29 is 23.6 Å². The number of nitrogens with two attached hydrogens (primary N) is 1. The van der Waals surface area contributed by atoms with E-state index in [-0.39, 0.29) is 35.4 Å². The second-order valence-electron chi connectivity index (χ2n) is 10.5. The molecule has 41 heavy (non-hydrogen) atoms. The summed E-state index contributed by atoms with van der Waals surface area (Å²) in [5, 5.41) is 6.78. The van der Waals surface area contributed by atoms with Crippen LogP contribution in [0.2, 0.25) is 0 Å². The average Bonchev–Trinajstić information content (AvgIpc) is 3.59. The molecule has 0 unspecified atom stereocenters. The lowest BCUT2D eigenvalue weighted by Crippen LogP contribution is -2.45. The summed E-state index contributed by atoms with van der Waals surface area (Å²) in [7, 11) is 0. The monoisotopic (exact) mass is 558 g/mol. The van der Waals surface area contributed by atoms with Crippen molar-refractivity contribution in [2.45, 2.75) is 45.1 Å². The molecule has 2 saturated heterocycles. The van der Waals surface area contributed by atoms with E-state index in [4.69, 9.17) is 10.2 Å². The molecule has 4 amide bonds. The van der Waals surface area contributed by atoms with Crippen LogP contribution in [-0.4, -0.2) is 71.6 Å². The van der Waals surface area contributed by atoms with Crippen LogP contribution in [-0.2, 0) is 9.59 Å². The number of nitrogens with one attached hydrogen (secondary N) is 2. The highest BCUT2D eigenvalue weighted by atomic mass is 16.3. The third kappa shape index (κ3) is 6.74. The van der Waals surface area contributed by atoms with E-state index in [9.17, 15) is 19.2 Å². The first-order valence-corrected chi connectivity index (χ1v) is 13.9. The number of aryl methyl sites for hydroxylation is 1. The molecule has 0 saturated carbocycles. The molecular formula is C30H34N6O5. The van der Waals surface area contributed by atoms with Crippen LogP contribution in [0.25, 0.3) is 11.0 Å². The number of fused-ring (bicyclic) bond motifs is 1. The Labute approximate surface area is 237 Å². The van der Waals surface area contributed by atoms with Gasteiger partial charge in [-0.2, -0.15) is 0 Å². The van der Waals surface area contributed by atoms with Crippen LogP contribution in [0, 0.1) is 6.92 Å². The van der Waals surface area contributed by atoms with E-state index in [1.54, 1.807) is 28.0 Å². The smallest absolute Gasteiger partial charge is 0.257 e. The molecule has 214 valence electrons. The molecule has 1 atom stereocenters. The number of carbonyl (C=O) groups is 4. The maximum Gasteiger partial charge on any atom is 0.257 e. The summed E-state index contributed by atoms with van der Waals surface area (Å²) in [5.41, 5.74) is 7.15. The Bertz CT molecular complexity index is 1510. The third-order valence-electron chi connectivity index (χ3n) is 7.37. The maximum atomic E-state index is 13.6. The number of nitrogens with zero attached hydrogens (tertiary/aromatic N) is 3. The van der Waals surface area contributed by atoms with Crippen molar-refractivity contribution in [2.24, 2.45) is 10.7 Å². The van der Waals surface area contributed by atoms with Gasteiger partial charge in [0.2, 0.25) is 23.7 Å². The second kappa shape index (κ2) is 12.2. The lowest BCUT2D eigenvalue weighted by Gasteiger charge is -2.25. The number of furan rings is 1. The predicted octanol–water partition coefficient (Wildman–Crippen LogP) is 3.04. The Hall–Kier alpha value is -4.67. The molecule has 3 heterocycles. The highest BCUT2D eigenvalue weighted by molar-refractivity contribution is 6.11. The van der Waals surface area contributed by atoms with Gasteiger partial charge in [0.15, 0.2) is 0 Å². The van der Waals surface area contributed by atoms with Gasteiger partial charge in [0.1, 0.15) is 17.4 Å². The Balaban J connectivity index is 1.41. The summed E-state index contributed by atoms with van der Waals surface area (Å²) in [6, 6.07) is 12.6. The number of amides is 4. The van der Waals surface area contributed by atoms with Crippen molar-refractivity contribution >= 4 is 46.2 Å². The molecule has 2 aliphatic heterocycles. The SMILES string of the molecule is Cc1cc2cc(NC(=N[C@H]3CCCCN(CC(=O)N4CCCC4)C3=O)NC(=O)c3cccc(C(N)=O)c3)ccc2o1. The largest absolute Gasteiger partial charge is 0.461 e. The number of hydrogen-bond donors (Lipinski definition) is 3. The highest BCUT2D eigenvalue weighted by Gasteiger charge is 2.30. The Morgan fingerprint density at radius 1 is 1.00 bits per heavy atom. The number of guanidine groups is 1. The molecule has 0 radical (unpaired) electrons. The average molecular weight is 559 g/mol. The van der Waals surface area contributed by atoms with Crippen LogP contribution in [0.1, 0.15) is 58.6 Å². The second-order valence-corrected chi connectivity index (χ2v) is 10.5. The van der Waals surface area contributed by atoms with E-state index >= 15 is 0 Å². The summed E-state index contributed by atoms with van der Waals surface area (Å²) in [4.78, 5) is 59.3. The van der Waals surface area contributed by atoms with Gasteiger partial charge in [-0.3, -0.25) is 24.5 Å². The van der Waals surface area contributed by atoms with Crippen molar-refractivity contribution in [3.8, 4) is 0 Å². The van der Waals surface area contributed by atoms with E-state index in [1.165, 1.54) is 12.1 Å². The van der Waals surface area contributed by atoms with Crippen LogP contribution >= 0.6 is 0 Å². The summed E-state index contributed by atoms with van der Waals surface area (Å²) < 4.78 is 5.66. The molecule has 2 fully saturated rings. The van der Waals surface area contributed by atoms with Gasteiger partial charge in [0, 0.05) is 41.8 Å². The fraction of sp³-hybridized carbons (Fsp3) is 0.367. The molecule has 2 aliphatic rings. The molecule has 1 aromatic heterocycles. The lowest BCUT2D eigenvalue weighted by molar-refractivity contribution is -0.140. The van der Waals surface area contributed by atoms with Gasteiger partial charge in [-0.05, 0) is 81.5 Å². The van der Waals surface area contributed by atoms with Gasteiger partial charge in [0.25, 0.3) is 5.91 Å². The van der Waals surface area contributed by atoms with Gasteiger partial charge in [0.05, 0.1) is 6.54 Å². The first-order valence-electron chi connectivity index (χ1n) is 13.9. The van der Waals surface area contributed by atoms with Crippen LogP contribution < -0.4 is 16.4 Å². The molecule has 3 aromatic rings. The number of benzene rings is 2. The Morgan fingerprint density at radius 3 is 2.54 bits per heavy atom. The van der Waals surface area contributed by atoms with Crippen molar-refractivity contribution in [3.05, 3.63) is 65.4 Å². The number of anilines is 1. The van der Waals surface area contributed by atoms with Gasteiger partial charge in [-0.1, -0.05) is 6.07 Å². The van der Waals surface area contributed by atoms with Crippen molar-refractivity contribution in [3.63, 3.8) is 0 Å². The molecule has 4 N–H and O–H groups in total. The maximum absolute atomic E-state index is 13.6. The predicted molar refractivity (Wildman–Crippen MR) is 154 cm³/mol. The number of likely N-dealkylation sites (tertiary alicyclic amines) is 2. The quantitative estimate of drug-likeness (QED) is 0.313. The van der Waals surface area contributed by atoms with Gasteiger partial charge in [-0.15, -0.1) is 0 Å². The summed E-state index contributed by atoms with van der Waals surface area (Å²) in [5.74, 6) is -0.637. The topological polar surface area (TPSA) is 150 Å². The van der Waals surface area contributed by atoms with Crippen molar-refractivity contribution in [2.75, 3.05) is 31.5 Å². The van der Waals surface area contributed by atoms with Crippen molar-refractivity contribution in [1.82, 2.24) is 15.1 Å². The molecule has 2 aromatic carbocycles. The standard InChI is InChI=1S/C30H34N6O5/c1-19-15-22-17-23(10-11-25(22)41-19)32-30(34-28(39)21-8-6-7-20(16-21)27(31)38)33-24-9-2-3-14-36(29(24)40)18-26(37)35-12-4-5-13-35/h6-8,10-11,15-17,24H,2-5,9,12-14,18H2,1H3,(H2,31,38)(H2,32,33,34,39)/t24-/m0/s1. The molecular weight excluding hydrogens is 524 g/mol. The van der Waals surface area contributed by atoms with Crippen LogP contribution in [0.5, 0.6) is 0 Å². The highest BCUT2D eigenvalue weighted by Crippen LogP contribution is 2.23. The molecule has 0 spiro atoms. The first kappa shape index (κ1) is 27.9. The lowest BCUT2D eigenvalue weighted by atomic mass is 10.1. The van der Waals surface area contributed by atoms with E-state index in [2.05, 4.69) is 15.6 Å². The molecule has 11 heteroatoms. The fourth-order valence-corrected chi connectivity index (χ4v) is 5.23. The zero-order valence-electron chi connectivity index (χ0n) is 23.0. The normalized spacial score (nSPS) is 17.9. The molecule has 5 rings (SSSR count). The van der Waals surface area contributed by atoms with E-state index in [1.807, 2.05) is 25.1 Å². The number of aliphatic imine (C=N–C) groups is 1. The van der Waals surface area contributed by atoms with Crippen molar-refractivity contribution in [1.29, 1.82) is 0 Å². The number of carbonyl (C=O) groups excluding carboxylic acids is 4. The molecule has 0 bridgehead atoms. The minimum Gasteiger partial charge on any atom is -0.461 e. The zero-order valence-corrected chi connectivity index (χ0v) is 23.0. The third-order valence-corrected chi connectivity index (χ3v) is 7.37. The number of rotatable bonds is 6. The van der Waals surface area contributed by atoms with Gasteiger partial charge in [-0.25, -0.2) is 4.99 Å².